The molecule has 4 aliphatic rings. The van der Waals surface area contributed by atoms with Crippen LogP contribution in [0, 0.1) is 0 Å². The molecule has 10 heteroatoms. The van der Waals surface area contributed by atoms with Gasteiger partial charge in [0.05, 0.1) is 60.1 Å². The van der Waals surface area contributed by atoms with Crippen molar-refractivity contribution >= 4 is 11.8 Å². The summed E-state index contributed by atoms with van der Waals surface area (Å²) in [5.41, 5.74) is 16.2. The maximum Gasteiger partial charge on any atom is 0.227 e. The van der Waals surface area contributed by atoms with Gasteiger partial charge in [0.1, 0.15) is 11.6 Å². The van der Waals surface area contributed by atoms with E-state index in [2.05, 4.69) is 74.3 Å². The molecule has 334 valence electrons. The van der Waals surface area contributed by atoms with Crippen molar-refractivity contribution in [2.24, 2.45) is 0 Å². The van der Waals surface area contributed by atoms with E-state index in [0.717, 1.165) is 121 Å². The smallest absolute Gasteiger partial charge is 0.227 e. The summed E-state index contributed by atoms with van der Waals surface area (Å²) in [6.07, 6.45) is 16.5. The monoisotopic (exact) mass is 874 g/mol. The topological polar surface area (TPSA) is 124 Å². The summed E-state index contributed by atoms with van der Waals surface area (Å²) in [7, 11) is 0. The standard InChI is InChI=1S/C56H58N8O2/c1-55(2)25-23-39-50(38-20-22-42(58-32-38)44-34-60-54(62-44)46-18-12-28-64(46)48(66)30-36-15-9-6-10-16-36)52-40(24-26-56(52,3)4)49(51(39)55)37-19-21-41(57-31-37)43-33-59-53(61-43)45-17-11-27-63(45)47(65)29-35-13-7-5-8-14-35/h5-10,13-16,19-22,31-34,45-46H,11-12,17-18,23-30H2,1-4H3,(H,59,61)(H,60,62)/t45-,46-/m0/s1. The predicted molar refractivity (Wildman–Crippen MR) is 258 cm³/mol. The Kier molecular flexibility index (Phi) is 10.6. The summed E-state index contributed by atoms with van der Waals surface area (Å²) in [6.45, 7) is 11.1. The van der Waals surface area contributed by atoms with Crippen LogP contribution in [-0.4, -0.2) is 64.6 Å². The third-order valence-electron chi connectivity index (χ3n) is 15.1. The lowest BCUT2D eigenvalue weighted by Crippen LogP contribution is -2.32. The molecule has 0 spiro atoms. The lowest BCUT2D eigenvalue weighted by Gasteiger charge is -2.30. The average molecular weight is 875 g/mol. The van der Waals surface area contributed by atoms with Crippen molar-refractivity contribution in [3.63, 3.8) is 0 Å². The van der Waals surface area contributed by atoms with Gasteiger partial charge in [0, 0.05) is 36.6 Å². The fraction of sp³-hybridized carbons (Fsp3) is 0.357. The van der Waals surface area contributed by atoms with Gasteiger partial charge in [-0.15, -0.1) is 0 Å². The highest BCUT2D eigenvalue weighted by Gasteiger charge is 2.43. The molecule has 0 unspecified atom stereocenters. The van der Waals surface area contributed by atoms with Crippen molar-refractivity contribution in [2.75, 3.05) is 13.1 Å². The molecular weight excluding hydrogens is 817 g/mol. The van der Waals surface area contributed by atoms with Crippen molar-refractivity contribution in [1.82, 2.24) is 39.7 Å². The lowest BCUT2D eigenvalue weighted by molar-refractivity contribution is -0.132. The third-order valence-corrected chi connectivity index (χ3v) is 15.1. The number of nitrogens with zero attached hydrogens (tertiary/aromatic N) is 6. The number of hydrogen-bond donors (Lipinski definition) is 2. The molecule has 66 heavy (non-hydrogen) atoms. The van der Waals surface area contributed by atoms with Crippen molar-refractivity contribution in [1.29, 1.82) is 0 Å². The number of likely N-dealkylation sites (tertiary alicyclic amines) is 2. The van der Waals surface area contributed by atoms with Gasteiger partial charge in [-0.3, -0.25) is 19.6 Å². The summed E-state index contributed by atoms with van der Waals surface area (Å²) < 4.78 is 0. The first kappa shape index (κ1) is 42.0. The number of amides is 2. The first-order chi connectivity index (χ1) is 32.0. The number of rotatable bonds is 10. The zero-order valence-electron chi connectivity index (χ0n) is 38.5. The first-order valence-corrected chi connectivity index (χ1v) is 24.0. The van der Waals surface area contributed by atoms with Gasteiger partial charge in [0.25, 0.3) is 0 Å². The van der Waals surface area contributed by atoms with Crippen molar-refractivity contribution < 1.29 is 9.59 Å². The normalized spacial score (nSPS) is 19.3. The Labute approximate surface area is 387 Å². The van der Waals surface area contributed by atoms with Gasteiger partial charge in [-0.05, 0) is 119 Å². The second-order valence-corrected chi connectivity index (χ2v) is 20.3. The molecule has 2 saturated heterocycles. The van der Waals surface area contributed by atoms with Crippen molar-refractivity contribution in [2.45, 2.75) is 115 Å². The van der Waals surface area contributed by atoms with E-state index in [-0.39, 0.29) is 34.7 Å². The lowest BCUT2D eigenvalue weighted by atomic mass is 9.74. The molecule has 0 bridgehead atoms. The first-order valence-electron chi connectivity index (χ1n) is 24.0. The molecule has 2 amide bonds. The van der Waals surface area contributed by atoms with E-state index in [9.17, 15) is 9.59 Å². The highest BCUT2D eigenvalue weighted by molar-refractivity contribution is 5.87. The van der Waals surface area contributed by atoms with Crippen LogP contribution in [0.1, 0.15) is 123 Å². The molecule has 0 radical (unpaired) electrons. The van der Waals surface area contributed by atoms with Gasteiger partial charge < -0.3 is 19.8 Å². The van der Waals surface area contributed by atoms with Crippen LogP contribution in [0.3, 0.4) is 0 Å². The van der Waals surface area contributed by atoms with Gasteiger partial charge in [0.2, 0.25) is 11.8 Å². The summed E-state index contributed by atoms with van der Waals surface area (Å²) in [4.78, 5) is 57.8. The molecule has 10 nitrogen and oxygen atoms in total. The van der Waals surface area contributed by atoms with Crippen LogP contribution in [0.5, 0.6) is 0 Å². The number of hydrogen-bond acceptors (Lipinski definition) is 6. The molecule has 0 saturated carbocycles. The van der Waals surface area contributed by atoms with E-state index in [1.165, 1.54) is 33.4 Å². The number of aromatic amines is 2. The Hall–Kier alpha value is -6.68. The molecule has 2 N–H and O–H groups in total. The van der Waals surface area contributed by atoms with Crippen LogP contribution < -0.4 is 0 Å². The number of aromatic nitrogens is 6. The minimum absolute atomic E-state index is 0.0144. The van der Waals surface area contributed by atoms with Crippen molar-refractivity contribution in [3.05, 3.63) is 155 Å². The fourth-order valence-corrected chi connectivity index (χ4v) is 11.7. The van der Waals surface area contributed by atoms with E-state index in [1.807, 2.05) is 82.9 Å². The van der Waals surface area contributed by atoms with E-state index in [0.29, 0.717) is 12.8 Å². The second-order valence-electron chi connectivity index (χ2n) is 20.3. The number of pyridine rings is 2. The van der Waals surface area contributed by atoms with Gasteiger partial charge in [-0.25, -0.2) is 9.97 Å². The number of carbonyl (C=O) groups excluding carboxylic acids is 2. The zero-order valence-corrected chi connectivity index (χ0v) is 38.5. The van der Waals surface area contributed by atoms with Crippen LogP contribution in [0.15, 0.2) is 110 Å². The molecule has 2 atom stereocenters. The zero-order chi connectivity index (χ0) is 45.2. The van der Waals surface area contributed by atoms with Crippen LogP contribution >= 0.6 is 0 Å². The largest absolute Gasteiger partial charge is 0.339 e. The molecule has 2 fully saturated rings. The Morgan fingerprint density at radius 3 is 1.38 bits per heavy atom. The van der Waals surface area contributed by atoms with Crippen LogP contribution in [-0.2, 0) is 46.1 Å². The van der Waals surface area contributed by atoms with Gasteiger partial charge in [0.15, 0.2) is 0 Å². The van der Waals surface area contributed by atoms with Crippen LogP contribution in [0.2, 0.25) is 0 Å². The Morgan fingerprint density at radius 2 is 0.985 bits per heavy atom. The van der Waals surface area contributed by atoms with Gasteiger partial charge in [-0.1, -0.05) is 100 Å². The number of benzene rings is 3. The molecule has 6 heterocycles. The number of fused-ring (bicyclic) bond motifs is 2. The molecule has 11 rings (SSSR count). The molecular formula is C56H58N8O2. The molecule has 4 aromatic heterocycles. The fourth-order valence-electron chi connectivity index (χ4n) is 11.7. The van der Waals surface area contributed by atoms with Crippen LogP contribution in [0.4, 0.5) is 0 Å². The number of imidazole rings is 2. The summed E-state index contributed by atoms with van der Waals surface area (Å²) >= 11 is 0. The molecule has 3 aromatic carbocycles. The van der Waals surface area contributed by atoms with E-state index in [4.69, 9.17) is 19.9 Å². The Morgan fingerprint density at radius 1 is 0.561 bits per heavy atom. The summed E-state index contributed by atoms with van der Waals surface area (Å²) in [6, 6.07) is 28.6. The minimum Gasteiger partial charge on any atom is -0.339 e. The van der Waals surface area contributed by atoms with Gasteiger partial charge in [-0.2, -0.15) is 0 Å². The summed E-state index contributed by atoms with van der Waals surface area (Å²) in [5, 5.41) is 0. The average Bonchev–Trinajstić information content (AvgIpc) is 4.20. The summed E-state index contributed by atoms with van der Waals surface area (Å²) in [5.74, 6) is 1.92. The predicted octanol–water partition coefficient (Wildman–Crippen LogP) is 10.9. The number of H-pyrrole nitrogens is 2. The Balaban J connectivity index is 0.872. The molecule has 2 aliphatic heterocycles. The maximum atomic E-state index is 13.4. The van der Waals surface area contributed by atoms with E-state index >= 15 is 0 Å². The highest BCUT2D eigenvalue weighted by atomic mass is 16.2. The molecule has 7 aromatic rings. The number of nitrogens with one attached hydrogen (secondary N) is 2. The molecule has 2 aliphatic carbocycles. The van der Waals surface area contributed by atoms with Gasteiger partial charge >= 0.3 is 0 Å². The van der Waals surface area contributed by atoms with Crippen molar-refractivity contribution in [3.8, 4) is 45.0 Å². The number of carbonyl (C=O) groups is 2. The van der Waals surface area contributed by atoms with E-state index < -0.39 is 0 Å². The highest BCUT2D eigenvalue weighted by Crippen LogP contribution is 2.56. The third kappa shape index (κ3) is 7.54. The quantitative estimate of drug-likeness (QED) is 0.141. The SMILES string of the molecule is CC1(C)CCc2c(-c3ccc(-c4cnc([C@@H]5CCCN5C(=O)Cc5ccccc5)[nH]4)nc3)c3c(c(-c4ccc(-c5cnc([C@@H]6CCCN6C(=O)Cc6ccccc6)[nH]5)nc4)c21)CCC3(C)C. The maximum absolute atomic E-state index is 13.4. The minimum atomic E-state index is -0.0649. The second kappa shape index (κ2) is 16.6. The Bertz CT molecular complexity index is 2730. The van der Waals surface area contributed by atoms with Crippen LogP contribution in [0.25, 0.3) is 45.0 Å². The van der Waals surface area contributed by atoms with E-state index in [1.54, 1.807) is 0 Å².